The van der Waals surface area contributed by atoms with E-state index in [1.165, 1.54) is 5.56 Å². The first-order valence-corrected chi connectivity index (χ1v) is 13.2. The van der Waals surface area contributed by atoms with E-state index in [1.54, 1.807) is 12.1 Å². The maximum Gasteiger partial charge on any atom is 0.240 e. The van der Waals surface area contributed by atoms with E-state index >= 15 is 0 Å². The smallest absolute Gasteiger partial charge is 0.240 e. The van der Waals surface area contributed by atoms with Crippen molar-refractivity contribution in [2.75, 3.05) is 19.6 Å². The van der Waals surface area contributed by atoms with Crippen molar-refractivity contribution in [1.82, 2.24) is 14.6 Å². The zero-order valence-corrected chi connectivity index (χ0v) is 19.4. The summed E-state index contributed by atoms with van der Waals surface area (Å²) in [5.74, 6) is 0.907. The number of aromatic nitrogens is 1. The molecule has 1 N–H and O–H groups in total. The fraction of sp³-hybridized carbons (Fsp3) is 0.440. The monoisotopic (exact) mass is 467 g/mol. The Bertz CT molecular complexity index is 1230. The fourth-order valence-electron chi connectivity index (χ4n) is 4.85. The highest BCUT2D eigenvalue weighted by molar-refractivity contribution is 7.89. The van der Waals surface area contributed by atoms with Gasteiger partial charge in [0.1, 0.15) is 5.52 Å². The van der Waals surface area contributed by atoms with Crippen molar-refractivity contribution >= 4 is 27.0 Å². The van der Waals surface area contributed by atoms with Crippen molar-refractivity contribution in [3.63, 3.8) is 0 Å². The largest absolute Gasteiger partial charge is 0.440 e. The zero-order valence-electron chi connectivity index (χ0n) is 18.6. The van der Waals surface area contributed by atoms with Crippen LogP contribution in [0.25, 0.3) is 11.1 Å². The molecule has 2 aliphatic rings. The normalized spacial score (nSPS) is 17.3. The molecule has 2 aromatic carbocycles. The van der Waals surface area contributed by atoms with Gasteiger partial charge in [0.05, 0.1) is 4.90 Å². The number of aryl methyl sites for hydroxylation is 2. The van der Waals surface area contributed by atoms with E-state index in [9.17, 15) is 13.2 Å². The van der Waals surface area contributed by atoms with Crippen molar-refractivity contribution in [2.45, 2.75) is 55.8 Å². The van der Waals surface area contributed by atoms with Crippen LogP contribution in [0.2, 0.25) is 0 Å². The lowest BCUT2D eigenvalue weighted by Crippen LogP contribution is -2.39. The molecule has 174 valence electrons. The Hall–Kier alpha value is -2.71. The van der Waals surface area contributed by atoms with Crippen LogP contribution in [-0.4, -0.2) is 43.8 Å². The number of carbonyl (C=O) groups excluding carboxylic acids is 1. The number of rotatable bonds is 6. The predicted molar refractivity (Wildman–Crippen MR) is 125 cm³/mol. The Morgan fingerprint density at radius 1 is 1.06 bits per heavy atom. The van der Waals surface area contributed by atoms with E-state index in [0.29, 0.717) is 13.1 Å². The lowest BCUT2D eigenvalue weighted by Gasteiger charge is -2.30. The molecule has 1 aromatic heterocycles. The van der Waals surface area contributed by atoms with Crippen molar-refractivity contribution in [1.29, 1.82) is 0 Å². The van der Waals surface area contributed by atoms with E-state index in [1.807, 2.05) is 35.2 Å². The first-order chi connectivity index (χ1) is 16.0. The van der Waals surface area contributed by atoms with Crippen LogP contribution in [0.1, 0.15) is 55.0 Å². The van der Waals surface area contributed by atoms with Gasteiger partial charge in [-0.05, 0) is 73.9 Å². The fourth-order valence-corrected chi connectivity index (χ4v) is 5.93. The molecule has 0 saturated carbocycles. The van der Waals surface area contributed by atoms with Gasteiger partial charge in [-0.15, -0.1) is 0 Å². The highest BCUT2D eigenvalue weighted by Crippen LogP contribution is 2.30. The Morgan fingerprint density at radius 3 is 2.61 bits per heavy atom. The summed E-state index contributed by atoms with van der Waals surface area (Å²) < 4.78 is 33.9. The van der Waals surface area contributed by atoms with E-state index in [4.69, 9.17) is 4.42 Å². The van der Waals surface area contributed by atoms with Crippen LogP contribution in [0.15, 0.2) is 51.8 Å². The maximum absolute atomic E-state index is 12.7. The van der Waals surface area contributed by atoms with Gasteiger partial charge in [-0.25, -0.2) is 18.1 Å². The molecule has 0 atom stereocenters. The van der Waals surface area contributed by atoms with Gasteiger partial charge < -0.3 is 9.32 Å². The predicted octanol–water partition coefficient (Wildman–Crippen LogP) is 3.78. The van der Waals surface area contributed by atoms with Gasteiger partial charge in [0.2, 0.25) is 15.9 Å². The zero-order chi connectivity index (χ0) is 22.8. The molecule has 1 saturated heterocycles. The molecule has 5 rings (SSSR count). The molecule has 0 radical (unpaired) electrons. The number of likely N-dealkylation sites (tertiary alicyclic amines) is 1. The minimum absolute atomic E-state index is 0.0286. The third-order valence-corrected chi connectivity index (χ3v) is 8.23. The average Bonchev–Trinajstić information content (AvgIpc) is 3.28. The van der Waals surface area contributed by atoms with Crippen LogP contribution in [0.4, 0.5) is 0 Å². The number of hydrogen-bond donors (Lipinski definition) is 1. The molecule has 1 fully saturated rings. The van der Waals surface area contributed by atoms with Gasteiger partial charge in [-0.2, -0.15) is 0 Å². The number of nitrogens with one attached hydrogen (secondary N) is 1. The number of hydrogen-bond acceptors (Lipinski definition) is 5. The third kappa shape index (κ3) is 4.82. The summed E-state index contributed by atoms with van der Waals surface area (Å²) in [5, 5.41) is 0. The molecule has 7 nitrogen and oxygen atoms in total. The lowest BCUT2D eigenvalue weighted by molar-refractivity contribution is -0.132. The summed E-state index contributed by atoms with van der Waals surface area (Å²) in [6.45, 7) is 1.35. The van der Waals surface area contributed by atoms with Gasteiger partial charge in [0.15, 0.2) is 11.5 Å². The Kier molecular flexibility index (Phi) is 6.21. The van der Waals surface area contributed by atoms with Crippen molar-refractivity contribution in [3.8, 4) is 0 Å². The van der Waals surface area contributed by atoms with Gasteiger partial charge >= 0.3 is 0 Å². The van der Waals surface area contributed by atoms with Crippen molar-refractivity contribution in [3.05, 3.63) is 59.5 Å². The summed E-state index contributed by atoms with van der Waals surface area (Å²) in [5.41, 5.74) is 4.02. The van der Waals surface area contributed by atoms with Crippen molar-refractivity contribution < 1.29 is 17.6 Å². The molecule has 3 aromatic rings. The van der Waals surface area contributed by atoms with Gasteiger partial charge in [-0.1, -0.05) is 18.2 Å². The number of sulfonamides is 1. The number of oxazole rings is 1. The van der Waals surface area contributed by atoms with E-state index in [0.717, 1.165) is 61.1 Å². The van der Waals surface area contributed by atoms with Gasteiger partial charge in [-0.3, -0.25) is 4.79 Å². The van der Waals surface area contributed by atoms with Crippen LogP contribution in [0.5, 0.6) is 0 Å². The summed E-state index contributed by atoms with van der Waals surface area (Å²) in [4.78, 5) is 19.3. The van der Waals surface area contributed by atoms with Crippen LogP contribution in [0.3, 0.4) is 0 Å². The highest BCUT2D eigenvalue weighted by atomic mass is 32.2. The summed E-state index contributed by atoms with van der Waals surface area (Å²) in [6, 6.07) is 13.1. The number of benzene rings is 2. The first-order valence-electron chi connectivity index (χ1n) is 11.7. The second-order valence-electron chi connectivity index (χ2n) is 8.96. The quantitative estimate of drug-likeness (QED) is 0.596. The number of fused-ring (bicyclic) bond motifs is 2. The number of para-hydroxylation sites is 2. The first kappa shape index (κ1) is 22.1. The highest BCUT2D eigenvalue weighted by Gasteiger charge is 2.27. The number of nitrogens with zero attached hydrogens (tertiary/aromatic N) is 2. The van der Waals surface area contributed by atoms with E-state index in [-0.39, 0.29) is 29.7 Å². The Morgan fingerprint density at radius 2 is 1.82 bits per heavy atom. The molecule has 8 heteroatoms. The van der Waals surface area contributed by atoms with Crippen LogP contribution in [0, 0.1) is 0 Å². The Balaban J connectivity index is 1.12. The minimum Gasteiger partial charge on any atom is -0.440 e. The number of amides is 1. The standard InChI is InChI=1S/C25H29N3O4S/c29-24(11-14-26-33(30,31)21-10-9-18-5-1-2-6-20(18)17-21)28-15-12-19(13-16-28)25-27-22-7-3-4-8-23(22)32-25/h3-4,7-10,17,19,26H,1-2,5-6,11-16H2. The summed E-state index contributed by atoms with van der Waals surface area (Å²) in [7, 11) is -3.62. The molecule has 2 heterocycles. The molecule has 0 spiro atoms. The SMILES string of the molecule is O=C(CCNS(=O)(=O)c1ccc2c(c1)CCCC2)N1CCC(c2nc3ccccc3o2)CC1. The van der Waals surface area contributed by atoms with Crippen molar-refractivity contribution in [2.24, 2.45) is 0 Å². The lowest BCUT2D eigenvalue weighted by atomic mass is 9.92. The van der Waals surface area contributed by atoms with Gasteiger partial charge in [0.25, 0.3) is 0 Å². The molecular weight excluding hydrogens is 438 g/mol. The minimum atomic E-state index is -3.62. The van der Waals surface area contributed by atoms with Gasteiger partial charge in [0, 0.05) is 32.0 Å². The molecule has 1 aliphatic heterocycles. The maximum atomic E-state index is 12.7. The van der Waals surface area contributed by atoms with Crippen LogP contribution in [-0.2, 0) is 27.7 Å². The third-order valence-electron chi connectivity index (χ3n) is 6.77. The second kappa shape index (κ2) is 9.27. The van der Waals surface area contributed by atoms with Crippen LogP contribution >= 0.6 is 0 Å². The molecule has 33 heavy (non-hydrogen) atoms. The topological polar surface area (TPSA) is 92.5 Å². The molecule has 1 amide bonds. The van der Waals surface area contributed by atoms with E-state index < -0.39 is 10.0 Å². The molecule has 0 bridgehead atoms. The molecular formula is C25H29N3O4S. The molecule has 1 aliphatic carbocycles. The average molecular weight is 468 g/mol. The van der Waals surface area contributed by atoms with Crippen LogP contribution < -0.4 is 4.72 Å². The number of carbonyl (C=O) groups is 1. The molecule has 0 unspecified atom stereocenters. The van der Waals surface area contributed by atoms with E-state index in [2.05, 4.69) is 9.71 Å². The number of piperidine rings is 1. The summed E-state index contributed by atoms with van der Waals surface area (Å²) in [6.07, 6.45) is 5.93. The Labute approximate surface area is 194 Å². The summed E-state index contributed by atoms with van der Waals surface area (Å²) >= 11 is 0. The second-order valence-corrected chi connectivity index (χ2v) is 10.7.